The Morgan fingerprint density at radius 3 is 1.80 bits per heavy atom. The van der Waals surface area contributed by atoms with E-state index in [1.807, 2.05) is 12.2 Å². The molecule has 0 aliphatic rings. The summed E-state index contributed by atoms with van der Waals surface area (Å²) < 4.78 is 0. The molecule has 0 heterocycles. The first kappa shape index (κ1) is 26.0. The van der Waals surface area contributed by atoms with Crippen LogP contribution in [0, 0.1) is 0 Å². The lowest BCUT2D eigenvalue weighted by Crippen LogP contribution is -1.89. The van der Waals surface area contributed by atoms with E-state index in [9.17, 15) is 0 Å². The molecule has 0 unspecified atom stereocenters. The number of hydrogen-bond acceptors (Lipinski definition) is 0. The van der Waals surface area contributed by atoms with Crippen LogP contribution < -0.4 is 0 Å². The Hall–Kier alpha value is -2.08. The summed E-state index contributed by atoms with van der Waals surface area (Å²) in [6.07, 6.45) is 19.8. The highest BCUT2D eigenvalue weighted by Gasteiger charge is 1.97. The summed E-state index contributed by atoms with van der Waals surface area (Å²) in [5.74, 6) is 0. The lowest BCUT2D eigenvalue weighted by atomic mass is 10.0. The Morgan fingerprint density at radius 1 is 0.600 bits per heavy atom. The summed E-state index contributed by atoms with van der Waals surface area (Å²) in [6, 6.07) is 17.3. The largest absolute Gasteiger partial charge is 0.0985 e. The second kappa shape index (κ2) is 17.8. The van der Waals surface area contributed by atoms with E-state index in [0.29, 0.717) is 0 Å². The summed E-state index contributed by atoms with van der Waals surface area (Å²) in [5, 5.41) is 0. The van der Waals surface area contributed by atoms with Gasteiger partial charge in [-0.05, 0) is 47.9 Å². The molecule has 0 radical (unpaired) electrons. The molecule has 2 rings (SSSR count). The second-order valence-electron chi connectivity index (χ2n) is 8.18. The minimum Gasteiger partial charge on any atom is -0.0985 e. The third kappa shape index (κ3) is 11.8. The molecule has 0 spiro atoms. The maximum atomic E-state index is 3.84. The molecule has 0 saturated carbocycles. The van der Waals surface area contributed by atoms with Crippen LogP contribution in [0.1, 0.15) is 100 Å². The molecule has 30 heavy (non-hydrogen) atoms. The molecule has 0 atom stereocenters. The van der Waals surface area contributed by atoms with Crippen molar-refractivity contribution in [2.24, 2.45) is 0 Å². The van der Waals surface area contributed by atoms with Crippen LogP contribution in [0.2, 0.25) is 0 Å². The van der Waals surface area contributed by atoms with Crippen molar-refractivity contribution in [1.82, 2.24) is 0 Å². The monoisotopic (exact) mass is 404 g/mol. The molecule has 0 N–H and O–H groups in total. The highest BCUT2D eigenvalue weighted by molar-refractivity contribution is 5.51. The van der Waals surface area contributed by atoms with Gasteiger partial charge in [0.05, 0.1) is 0 Å². The summed E-state index contributed by atoms with van der Waals surface area (Å²) in [6.45, 7) is 12.1. The zero-order valence-corrected chi connectivity index (χ0v) is 19.7. The molecule has 0 amide bonds. The van der Waals surface area contributed by atoms with Crippen LogP contribution >= 0.6 is 0 Å². The number of unbranched alkanes of at least 4 members (excludes halogenated alkanes) is 8. The van der Waals surface area contributed by atoms with Gasteiger partial charge in [0.2, 0.25) is 0 Å². The van der Waals surface area contributed by atoms with Gasteiger partial charge in [-0.2, -0.15) is 0 Å². The van der Waals surface area contributed by atoms with Crippen LogP contribution in [0.3, 0.4) is 0 Å². The SMILES string of the molecule is C=Cc1ccc(CCCCCCCC)cc1.C=Cc1ccccc1CCCCCC. The van der Waals surface area contributed by atoms with Gasteiger partial charge in [0, 0.05) is 0 Å². The first-order valence-electron chi connectivity index (χ1n) is 12.2. The molecule has 0 bridgehead atoms. The zero-order valence-electron chi connectivity index (χ0n) is 19.7. The average molecular weight is 405 g/mol. The minimum absolute atomic E-state index is 1.20. The van der Waals surface area contributed by atoms with Crippen molar-refractivity contribution < 1.29 is 0 Å². The molecule has 2 aromatic rings. The fourth-order valence-electron chi connectivity index (χ4n) is 3.63. The van der Waals surface area contributed by atoms with E-state index in [4.69, 9.17) is 0 Å². The van der Waals surface area contributed by atoms with Crippen LogP contribution in [0.25, 0.3) is 12.2 Å². The molecule has 2 aromatic carbocycles. The molecule has 0 heteroatoms. The van der Waals surface area contributed by atoms with Crippen LogP contribution in [-0.4, -0.2) is 0 Å². The normalized spacial score (nSPS) is 10.2. The Balaban J connectivity index is 0.000000303. The van der Waals surface area contributed by atoms with Gasteiger partial charge in [0.25, 0.3) is 0 Å². The van der Waals surface area contributed by atoms with Gasteiger partial charge in [-0.1, -0.05) is 139 Å². The van der Waals surface area contributed by atoms with E-state index >= 15 is 0 Å². The number of benzene rings is 2. The second-order valence-corrected chi connectivity index (χ2v) is 8.18. The average Bonchev–Trinajstić information content (AvgIpc) is 2.80. The molecule has 0 aromatic heterocycles. The maximum absolute atomic E-state index is 3.84. The zero-order chi connectivity index (χ0) is 21.9. The van der Waals surface area contributed by atoms with Crippen LogP contribution in [0.4, 0.5) is 0 Å². The summed E-state index contributed by atoms with van der Waals surface area (Å²) >= 11 is 0. The summed E-state index contributed by atoms with van der Waals surface area (Å²) in [5.41, 5.74) is 5.41. The Morgan fingerprint density at radius 2 is 1.17 bits per heavy atom. The van der Waals surface area contributed by atoms with Crippen molar-refractivity contribution in [3.8, 4) is 0 Å². The van der Waals surface area contributed by atoms with Gasteiger partial charge in [-0.15, -0.1) is 0 Å². The van der Waals surface area contributed by atoms with E-state index < -0.39 is 0 Å². The summed E-state index contributed by atoms with van der Waals surface area (Å²) in [7, 11) is 0. The van der Waals surface area contributed by atoms with Crippen molar-refractivity contribution in [3.63, 3.8) is 0 Å². The van der Waals surface area contributed by atoms with E-state index in [0.717, 1.165) is 0 Å². The summed E-state index contributed by atoms with van der Waals surface area (Å²) in [4.78, 5) is 0. The van der Waals surface area contributed by atoms with Gasteiger partial charge >= 0.3 is 0 Å². The lowest BCUT2D eigenvalue weighted by Gasteiger charge is -2.04. The molecular weight excluding hydrogens is 360 g/mol. The number of hydrogen-bond donors (Lipinski definition) is 0. The van der Waals surface area contributed by atoms with Crippen molar-refractivity contribution in [2.45, 2.75) is 90.9 Å². The number of rotatable bonds is 14. The molecule has 0 fully saturated rings. The molecule has 0 saturated heterocycles. The van der Waals surface area contributed by atoms with Gasteiger partial charge in [-0.25, -0.2) is 0 Å². The third-order valence-corrected chi connectivity index (χ3v) is 5.61. The molecule has 0 nitrogen and oxygen atoms in total. The van der Waals surface area contributed by atoms with Gasteiger partial charge in [-0.3, -0.25) is 0 Å². The third-order valence-electron chi connectivity index (χ3n) is 5.61. The van der Waals surface area contributed by atoms with Crippen molar-refractivity contribution in [2.75, 3.05) is 0 Å². The highest BCUT2D eigenvalue weighted by atomic mass is 14.0. The predicted molar refractivity (Wildman–Crippen MR) is 138 cm³/mol. The van der Waals surface area contributed by atoms with Crippen molar-refractivity contribution in [3.05, 3.63) is 83.9 Å². The quantitative estimate of drug-likeness (QED) is 0.275. The molecular formula is C30H44. The Labute approximate surface area is 187 Å². The topological polar surface area (TPSA) is 0 Å². The van der Waals surface area contributed by atoms with Gasteiger partial charge < -0.3 is 0 Å². The predicted octanol–water partition coefficient (Wildman–Crippen LogP) is 9.68. The van der Waals surface area contributed by atoms with Gasteiger partial charge in [0.1, 0.15) is 0 Å². The smallest absolute Gasteiger partial charge is 0.0230 e. The lowest BCUT2D eigenvalue weighted by molar-refractivity contribution is 0.607. The fraction of sp³-hybridized carbons (Fsp3) is 0.467. The molecule has 0 aliphatic carbocycles. The Kier molecular flexibility index (Phi) is 15.4. The van der Waals surface area contributed by atoms with E-state index in [1.165, 1.54) is 99.3 Å². The molecule has 0 aliphatic heterocycles. The minimum atomic E-state index is 1.20. The maximum Gasteiger partial charge on any atom is -0.0230 e. The van der Waals surface area contributed by atoms with E-state index in [2.05, 4.69) is 75.5 Å². The van der Waals surface area contributed by atoms with Crippen molar-refractivity contribution >= 4 is 12.2 Å². The van der Waals surface area contributed by atoms with Gasteiger partial charge in [0.15, 0.2) is 0 Å². The van der Waals surface area contributed by atoms with Crippen molar-refractivity contribution in [1.29, 1.82) is 0 Å². The van der Waals surface area contributed by atoms with Crippen LogP contribution in [0.5, 0.6) is 0 Å². The first-order valence-corrected chi connectivity index (χ1v) is 12.2. The highest BCUT2D eigenvalue weighted by Crippen LogP contribution is 2.14. The standard InChI is InChI=1S/C16H24.C14H20/c1-3-5-6-7-8-9-10-16-13-11-15(4-2)12-14-16;1-3-5-6-7-11-14-12-9-8-10-13(14)4-2/h4,11-14H,2-3,5-10H2,1H3;4,8-10,12H,2-3,5-7,11H2,1H3. The van der Waals surface area contributed by atoms with E-state index in [-0.39, 0.29) is 0 Å². The number of aryl methyl sites for hydroxylation is 2. The van der Waals surface area contributed by atoms with Crippen LogP contribution in [-0.2, 0) is 12.8 Å². The fourth-order valence-corrected chi connectivity index (χ4v) is 3.63. The first-order chi connectivity index (χ1) is 14.7. The van der Waals surface area contributed by atoms with Crippen LogP contribution in [0.15, 0.2) is 61.7 Å². The molecule has 164 valence electrons. The Bertz CT molecular complexity index is 677. The van der Waals surface area contributed by atoms with E-state index in [1.54, 1.807) is 0 Å².